The van der Waals surface area contributed by atoms with Crippen LogP contribution in [0.5, 0.6) is 0 Å². The third-order valence-corrected chi connectivity index (χ3v) is 3.50. The van der Waals surface area contributed by atoms with E-state index in [0.29, 0.717) is 0 Å². The van der Waals surface area contributed by atoms with Gasteiger partial charge in [0.25, 0.3) is 0 Å². The molecule has 0 saturated carbocycles. The highest BCUT2D eigenvalue weighted by Crippen LogP contribution is 2.18. The maximum absolute atomic E-state index is 4.52. The number of aryl methyl sites for hydroxylation is 2. The van der Waals surface area contributed by atoms with Gasteiger partial charge in [-0.15, -0.1) is 0 Å². The van der Waals surface area contributed by atoms with Gasteiger partial charge in [-0.25, -0.2) is 9.50 Å². The second-order valence-corrected chi connectivity index (χ2v) is 4.88. The quantitative estimate of drug-likeness (QED) is 0.743. The van der Waals surface area contributed by atoms with Crippen molar-refractivity contribution >= 4 is 21.4 Å². The molecule has 0 saturated heterocycles. The molecule has 4 heteroatoms. The fourth-order valence-electron chi connectivity index (χ4n) is 2.01. The van der Waals surface area contributed by atoms with E-state index in [9.17, 15) is 0 Å². The monoisotopic (exact) mass is 301 g/mol. The Bertz CT molecular complexity index is 661. The van der Waals surface area contributed by atoms with Gasteiger partial charge in [0.2, 0.25) is 0 Å². The van der Waals surface area contributed by atoms with Crippen molar-refractivity contribution < 1.29 is 0 Å². The zero-order valence-electron chi connectivity index (χ0n) is 9.75. The van der Waals surface area contributed by atoms with Crippen molar-refractivity contribution in [1.29, 1.82) is 0 Å². The van der Waals surface area contributed by atoms with Gasteiger partial charge in [-0.1, -0.05) is 30.3 Å². The molecular weight excluding hydrogens is 290 g/mol. The Hall–Kier alpha value is -1.68. The summed E-state index contributed by atoms with van der Waals surface area (Å²) in [4.78, 5) is 4.52. The van der Waals surface area contributed by atoms with E-state index in [-0.39, 0.29) is 0 Å². The second kappa shape index (κ2) is 4.90. The summed E-state index contributed by atoms with van der Waals surface area (Å²) in [6.07, 6.45) is 3.64. The van der Waals surface area contributed by atoms with E-state index in [0.717, 1.165) is 28.8 Å². The van der Waals surface area contributed by atoms with Gasteiger partial charge >= 0.3 is 0 Å². The molecule has 90 valence electrons. The average molecular weight is 302 g/mol. The minimum atomic E-state index is 0.860. The van der Waals surface area contributed by atoms with Gasteiger partial charge in [-0.05, 0) is 40.0 Å². The summed E-state index contributed by atoms with van der Waals surface area (Å²) in [5.74, 6) is 0.987. The van der Waals surface area contributed by atoms with Crippen LogP contribution in [0.3, 0.4) is 0 Å². The first kappa shape index (κ1) is 11.4. The summed E-state index contributed by atoms with van der Waals surface area (Å²) < 4.78 is 2.76. The Morgan fingerprint density at radius 1 is 1.00 bits per heavy atom. The summed E-state index contributed by atoms with van der Waals surface area (Å²) in [6.45, 7) is 0. The molecule has 3 aromatic rings. The smallest absolute Gasteiger partial charge is 0.134 e. The van der Waals surface area contributed by atoms with Crippen LogP contribution in [0.4, 0.5) is 0 Å². The van der Waals surface area contributed by atoms with Crippen LogP contribution >= 0.6 is 15.9 Å². The van der Waals surface area contributed by atoms with E-state index < -0.39 is 0 Å². The Labute approximate surface area is 114 Å². The van der Waals surface area contributed by atoms with Crippen LogP contribution in [0.15, 0.2) is 53.3 Å². The first-order valence-electron chi connectivity index (χ1n) is 5.86. The lowest BCUT2D eigenvalue weighted by Gasteiger charge is -2.00. The number of rotatable bonds is 3. The van der Waals surface area contributed by atoms with Crippen LogP contribution in [-0.4, -0.2) is 14.6 Å². The van der Waals surface area contributed by atoms with Crippen LogP contribution in [0.2, 0.25) is 0 Å². The Morgan fingerprint density at radius 3 is 2.67 bits per heavy atom. The summed E-state index contributed by atoms with van der Waals surface area (Å²) >= 11 is 3.47. The van der Waals surface area contributed by atoms with E-state index in [1.165, 1.54) is 5.56 Å². The van der Waals surface area contributed by atoms with Crippen molar-refractivity contribution in [1.82, 2.24) is 14.6 Å². The molecule has 2 heterocycles. The number of halogens is 1. The number of hydrogen-bond acceptors (Lipinski definition) is 2. The van der Waals surface area contributed by atoms with E-state index in [2.05, 4.69) is 50.3 Å². The highest BCUT2D eigenvalue weighted by Gasteiger charge is 2.09. The molecule has 2 aromatic heterocycles. The lowest BCUT2D eigenvalue weighted by Crippen LogP contribution is -2.00. The summed E-state index contributed by atoms with van der Waals surface area (Å²) in [7, 11) is 0. The summed E-state index contributed by atoms with van der Waals surface area (Å²) in [5.41, 5.74) is 2.34. The van der Waals surface area contributed by atoms with E-state index in [1.54, 1.807) is 6.20 Å². The van der Waals surface area contributed by atoms with Gasteiger partial charge in [0.15, 0.2) is 0 Å². The van der Waals surface area contributed by atoms with Gasteiger partial charge in [0, 0.05) is 12.6 Å². The molecule has 1 aromatic carbocycles. The lowest BCUT2D eigenvalue weighted by atomic mass is 10.1. The number of hydrogen-bond donors (Lipinski definition) is 0. The largest absolute Gasteiger partial charge is 0.224 e. The SMILES string of the molecule is Brc1nc(CCc2ccccc2)n2ncccc12. The van der Waals surface area contributed by atoms with Crippen LogP contribution in [0, 0.1) is 0 Å². The molecule has 0 bridgehead atoms. The molecule has 0 spiro atoms. The minimum Gasteiger partial charge on any atom is -0.224 e. The predicted molar refractivity (Wildman–Crippen MR) is 74.5 cm³/mol. The molecule has 0 unspecified atom stereocenters. The van der Waals surface area contributed by atoms with Crippen molar-refractivity contribution in [2.75, 3.05) is 0 Å². The standard InChI is InChI=1S/C14H12BrN3/c15-14-12-7-4-10-16-18(12)13(17-14)9-8-11-5-2-1-3-6-11/h1-7,10H,8-9H2. The summed E-state index contributed by atoms with van der Waals surface area (Å²) in [5, 5.41) is 4.34. The molecule has 3 nitrogen and oxygen atoms in total. The molecule has 0 atom stereocenters. The maximum Gasteiger partial charge on any atom is 0.134 e. The summed E-state index contributed by atoms with van der Waals surface area (Å²) in [6, 6.07) is 14.4. The third-order valence-electron chi connectivity index (χ3n) is 2.91. The second-order valence-electron chi connectivity index (χ2n) is 4.13. The van der Waals surface area contributed by atoms with Gasteiger partial charge in [-0.2, -0.15) is 5.10 Å². The van der Waals surface area contributed by atoms with Crippen molar-refractivity contribution in [3.05, 3.63) is 64.7 Å². The highest BCUT2D eigenvalue weighted by molar-refractivity contribution is 9.10. The number of nitrogens with zero attached hydrogens (tertiary/aromatic N) is 3. The normalized spacial score (nSPS) is 10.9. The van der Waals surface area contributed by atoms with Gasteiger partial charge in [0.05, 0.1) is 5.52 Å². The van der Waals surface area contributed by atoms with Crippen molar-refractivity contribution in [3.63, 3.8) is 0 Å². The fourth-order valence-corrected chi connectivity index (χ4v) is 2.52. The van der Waals surface area contributed by atoms with E-state index >= 15 is 0 Å². The van der Waals surface area contributed by atoms with E-state index in [4.69, 9.17) is 0 Å². The van der Waals surface area contributed by atoms with Crippen LogP contribution in [-0.2, 0) is 12.8 Å². The fraction of sp³-hybridized carbons (Fsp3) is 0.143. The number of benzene rings is 1. The molecule has 0 radical (unpaired) electrons. The van der Waals surface area contributed by atoms with Gasteiger partial charge in [-0.3, -0.25) is 0 Å². The van der Waals surface area contributed by atoms with Crippen molar-refractivity contribution in [2.24, 2.45) is 0 Å². The van der Waals surface area contributed by atoms with Crippen LogP contribution in [0.25, 0.3) is 5.52 Å². The van der Waals surface area contributed by atoms with Crippen LogP contribution < -0.4 is 0 Å². The zero-order valence-corrected chi connectivity index (χ0v) is 11.3. The maximum atomic E-state index is 4.52. The average Bonchev–Trinajstić information content (AvgIpc) is 2.75. The Balaban J connectivity index is 1.87. The topological polar surface area (TPSA) is 30.2 Å². The zero-order chi connectivity index (χ0) is 12.4. The first-order valence-corrected chi connectivity index (χ1v) is 6.66. The molecule has 3 rings (SSSR count). The minimum absolute atomic E-state index is 0.860. The highest BCUT2D eigenvalue weighted by atomic mass is 79.9. The molecule has 0 aliphatic rings. The number of aromatic nitrogens is 3. The van der Waals surface area contributed by atoms with E-state index in [1.807, 2.05) is 22.7 Å². The van der Waals surface area contributed by atoms with Crippen molar-refractivity contribution in [2.45, 2.75) is 12.8 Å². The lowest BCUT2D eigenvalue weighted by molar-refractivity contribution is 0.788. The van der Waals surface area contributed by atoms with Gasteiger partial charge in [0.1, 0.15) is 10.4 Å². The van der Waals surface area contributed by atoms with Crippen LogP contribution in [0.1, 0.15) is 11.4 Å². The molecule has 0 amide bonds. The van der Waals surface area contributed by atoms with Crippen molar-refractivity contribution in [3.8, 4) is 0 Å². The number of fused-ring (bicyclic) bond motifs is 1. The molecule has 0 fully saturated rings. The molecule has 0 N–H and O–H groups in total. The Kier molecular flexibility index (Phi) is 3.11. The molecule has 0 aliphatic heterocycles. The molecular formula is C14H12BrN3. The Morgan fingerprint density at radius 2 is 1.83 bits per heavy atom. The van der Waals surface area contributed by atoms with Gasteiger partial charge < -0.3 is 0 Å². The predicted octanol–water partition coefficient (Wildman–Crippen LogP) is 3.28. The first-order chi connectivity index (χ1) is 8.84. The third kappa shape index (κ3) is 2.16. The number of imidazole rings is 1. The molecule has 0 aliphatic carbocycles. The molecule has 18 heavy (non-hydrogen) atoms.